The summed E-state index contributed by atoms with van der Waals surface area (Å²) in [4.78, 5) is 0. The highest BCUT2D eigenvalue weighted by molar-refractivity contribution is 6.01. The molecule has 0 aliphatic heterocycles. The van der Waals surface area contributed by atoms with E-state index in [0.29, 0.717) is 11.8 Å². The summed E-state index contributed by atoms with van der Waals surface area (Å²) in [5, 5.41) is 6.11. The quantitative estimate of drug-likeness (QED) is 0.496. The maximum absolute atomic E-state index is 6.37. The largest absolute Gasteiger partial charge is 0.397 e. The van der Waals surface area contributed by atoms with E-state index in [4.69, 9.17) is 5.73 Å². The predicted molar refractivity (Wildman–Crippen MR) is 115 cm³/mol. The van der Waals surface area contributed by atoms with Crippen molar-refractivity contribution >= 4 is 27.8 Å². The van der Waals surface area contributed by atoms with Gasteiger partial charge < -0.3 is 11.1 Å². The highest BCUT2D eigenvalue weighted by Gasteiger charge is 2.14. The first kappa shape index (κ1) is 18.3. The lowest BCUT2D eigenvalue weighted by atomic mass is 9.94. The molecule has 0 amide bonds. The van der Waals surface area contributed by atoms with Gasteiger partial charge in [0, 0.05) is 11.1 Å². The van der Waals surface area contributed by atoms with E-state index in [1.807, 2.05) is 6.07 Å². The van der Waals surface area contributed by atoms with Gasteiger partial charge in [-0.15, -0.1) is 0 Å². The van der Waals surface area contributed by atoms with E-state index in [2.05, 4.69) is 81.5 Å². The standard InChI is InChI=1S/C24H30N2/c1-16(2)14-19-9-7-10-20(15-17(3)4)23(19)26-24-21-11-6-5-8-18(21)12-13-22(24)25/h5-13,16-17,26H,14-15,25H2,1-4H3. The Morgan fingerprint density at radius 2 is 1.35 bits per heavy atom. The molecule has 3 aromatic rings. The average molecular weight is 347 g/mol. The minimum atomic E-state index is 0.606. The molecule has 0 aromatic heterocycles. The van der Waals surface area contributed by atoms with Crippen molar-refractivity contribution < 1.29 is 0 Å². The molecule has 0 saturated heterocycles. The molecule has 3 rings (SSSR count). The Hall–Kier alpha value is -2.48. The molecule has 2 heteroatoms. The summed E-state index contributed by atoms with van der Waals surface area (Å²) in [7, 11) is 0. The Morgan fingerprint density at radius 3 is 1.96 bits per heavy atom. The van der Waals surface area contributed by atoms with Crippen LogP contribution >= 0.6 is 0 Å². The van der Waals surface area contributed by atoms with Gasteiger partial charge >= 0.3 is 0 Å². The molecule has 0 aliphatic rings. The highest BCUT2D eigenvalue weighted by Crippen LogP contribution is 2.35. The molecule has 0 fully saturated rings. The maximum Gasteiger partial charge on any atom is 0.0697 e. The predicted octanol–water partition coefficient (Wildman–Crippen LogP) is 6.56. The van der Waals surface area contributed by atoms with Crippen molar-refractivity contribution in [2.24, 2.45) is 11.8 Å². The number of para-hydroxylation sites is 1. The van der Waals surface area contributed by atoms with Crippen LogP contribution in [0.5, 0.6) is 0 Å². The molecule has 0 saturated carbocycles. The van der Waals surface area contributed by atoms with Crippen molar-refractivity contribution in [3.63, 3.8) is 0 Å². The Kier molecular flexibility index (Phi) is 5.51. The van der Waals surface area contributed by atoms with E-state index in [-0.39, 0.29) is 0 Å². The molecule has 0 bridgehead atoms. The molecule has 2 nitrogen and oxygen atoms in total. The summed E-state index contributed by atoms with van der Waals surface area (Å²) in [6, 6.07) is 19.2. The fraction of sp³-hybridized carbons (Fsp3) is 0.333. The van der Waals surface area contributed by atoms with E-state index >= 15 is 0 Å². The molecule has 26 heavy (non-hydrogen) atoms. The van der Waals surface area contributed by atoms with Crippen LogP contribution in [0.25, 0.3) is 10.8 Å². The van der Waals surface area contributed by atoms with E-state index in [1.165, 1.54) is 27.6 Å². The number of benzene rings is 3. The van der Waals surface area contributed by atoms with E-state index in [1.54, 1.807) is 0 Å². The number of hydrogen-bond donors (Lipinski definition) is 2. The maximum atomic E-state index is 6.37. The van der Waals surface area contributed by atoms with Crippen molar-refractivity contribution in [3.8, 4) is 0 Å². The third kappa shape index (κ3) is 4.01. The van der Waals surface area contributed by atoms with Crippen LogP contribution < -0.4 is 11.1 Å². The molecule has 0 unspecified atom stereocenters. The van der Waals surface area contributed by atoms with Gasteiger partial charge in [-0.2, -0.15) is 0 Å². The molecule has 0 spiro atoms. The number of fused-ring (bicyclic) bond motifs is 1. The van der Waals surface area contributed by atoms with E-state index in [9.17, 15) is 0 Å². The van der Waals surface area contributed by atoms with Crippen LogP contribution in [0.15, 0.2) is 54.6 Å². The first-order valence-electron chi connectivity index (χ1n) is 9.60. The van der Waals surface area contributed by atoms with Gasteiger partial charge in [0.1, 0.15) is 0 Å². The topological polar surface area (TPSA) is 38.0 Å². The van der Waals surface area contributed by atoms with Gasteiger partial charge in [-0.3, -0.25) is 0 Å². The fourth-order valence-electron chi connectivity index (χ4n) is 3.59. The molecule has 0 radical (unpaired) electrons. The first-order valence-corrected chi connectivity index (χ1v) is 9.60. The molecule has 0 heterocycles. The zero-order valence-electron chi connectivity index (χ0n) is 16.3. The lowest BCUT2D eigenvalue weighted by Crippen LogP contribution is -2.07. The van der Waals surface area contributed by atoms with Crippen molar-refractivity contribution in [1.82, 2.24) is 0 Å². The van der Waals surface area contributed by atoms with Crippen molar-refractivity contribution in [1.29, 1.82) is 0 Å². The van der Waals surface area contributed by atoms with Crippen LogP contribution in [-0.4, -0.2) is 0 Å². The second kappa shape index (κ2) is 7.82. The number of rotatable bonds is 6. The van der Waals surface area contributed by atoms with Crippen LogP contribution in [0.1, 0.15) is 38.8 Å². The van der Waals surface area contributed by atoms with Crippen LogP contribution in [0, 0.1) is 11.8 Å². The first-order chi connectivity index (χ1) is 12.5. The van der Waals surface area contributed by atoms with Gasteiger partial charge in [-0.25, -0.2) is 0 Å². The summed E-state index contributed by atoms with van der Waals surface area (Å²) in [5.41, 5.74) is 12.1. The summed E-state index contributed by atoms with van der Waals surface area (Å²) in [6.07, 6.45) is 2.11. The SMILES string of the molecule is CC(C)Cc1cccc(CC(C)C)c1Nc1c(N)ccc2ccccc12. The number of anilines is 3. The van der Waals surface area contributed by atoms with Crippen LogP contribution in [0.3, 0.4) is 0 Å². The van der Waals surface area contributed by atoms with E-state index < -0.39 is 0 Å². The minimum absolute atomic E-state index is 0.606. The zero-order chi connectivity index (χ0) is 18.7. The number of hydrogen-bond acceptors (Lipinski definition) is 2. The van der Waals surface area contributed by atoms with Gasteiger partial charge in [-0.1, -0.05) is 76.2 Å². The summed E-state index contributed by atoms with van der Waals surface area (Å²) >= 11 is 0. The fourth-order valence-corrected chi connectivity index (χ4v) is 3.59. The van der Waals surface area contributed by atoms with Crippen LogP contribution in [0.4, 0.5) is 17.1 Å². The third-order valence-corrected chi connectivity index (χ3v) is 4.70. The van der Waals surface area contributed by atoms with Crippen molar-refractivity contribution in [2.45, 2.75) is 40.5 Å². The monoisotopic (exact) mass is 346 g/mol. The molecule has 3 N–H and O–H groups in total. The van der Waals surface area contributed by atoms with E-state index in [0.717, 1.165) is 24.2 Å². The molecule has 136 valence electrons. The van der Waals surface area contributed by atoms with Gasteiger partial charge in [0.15, 0.2) is 0 Å². The zero-order valence-corrected chi connectivity index (χ0v) is 16.3. The molecular weight excluding hydrogens is 316 g/mol. The molecular formula is C24H30N2. The Labute approximate surface area is 157 Å². The summed E-state index contributed by atoms with van der Waals surface area (Å²) in [6.45, 7) is 9.08. The van der Waals surface area contributed by atoms with Gasteiger partial charge in [-0.05, 0) is 47.3 Å². The average Bonchev–Trinajstić information content (AvgIpc) is 2.58. The Balaban J connectivity index is 2.13. The van der Waals surface area contributed by atoms with Crippen LogP contribution in [0.2, 0.25) is 0 Å². The lowest BCUT2D eigenvalue weighted by Gasteiger charge is -2.21. The molecule has 0 aliphatic carbocycles. The highest BCUT2D eigenvalue weighted by atomic mass is 14.9. The third-order valence-electron chi connectivity index (χ3n) is 4.70. The molecule has 3 aromatic carbocycles. The second-order valence-corrected chi connectivity index (χ2v) is 8.02. The summed E-state index contributed by atoms with van der Waals surface area (Å²) < 4.78 is 0. The lowest BCUT2D eigenvalue weighted by molar-refractivity contribution is 0.638. The second-order valence-electron chi connectivity index (χ2n) is 8.02. The minimum Gasteiger partial charge on any atom is -0.397 e. The molecule has 0 atom stereocenters. The number of nitrogen functional groups attached to an aromatic ring is 1. The number of nitrogens with two attached hydrogens (primary N) is 1. The van der Waals surface area contributed by atoms with Gasteiger partial charge in [0.05, 0.1) is 11.4 Å². The Bertz CT molecular complexity index is 866. The Morgan fingerprint density at radius 1 is 0.731 bits per heavy atom. The smallest absolute Gasteiger partial charge is 0.0697 e. The van der Waals surface area contributed by atoms with Crippen LogP contribution in [-0.2, 0) is 12.8 Å². The van der Waals surface area contributed by atoms with Crippen molar-refractivity contribution in [2.75, 3.05) is 11.1 Å². The van der Waals surface area contributed by atoms with Gasteiger partial charge in [0.25, 0.3) is 0 Å². The summed E-state index contributed by atoms with van der Waals surface area (Å²) in [5.74, 6) is 1.21. The van der Waals surface area contributed by atoms with Gasteiger partial charge in [0.2, 0.25) is 0 Å². The van der Waals surface area contributed by atoms with Crippen molar-refractivity contribution in [3.05, 3.63) is 65.7 Å². The normalized spacial score (nSPS) is 11.5. The number of nitrogens with one attached hydrogen (secondary N) is 1.